The molecule has 1 saturated carbocycles. The van der Waals surface area contributed by atoms with Gasteiger partial charge >= 0.3 is 0 Å². The third kappa shape index (κ3) is 4.05. The molecular formula is C17H19BrN2O. The molecule has 1 aliphatic carbocycles. The van der Waals surface area contributed by atoms with Gasteiger partial charge in [0.2, 0.25) is 5.88 Å². The monoisotopic (exact) mass is 346 g/mol. The smallest absolute Gasteiger partial charge is 0.223 e. The Hall–Kier alpha value is -1.39. The Kier molecular flexibility index (Phi) is 4.27. The number of ether oxygens (including phenoxy) is 1. The topological polar surface area (TPSA) is 34.1 Å². The Bertz CT molecular complexity index is 633. The average Bonchev–Trinajstić information content (AvgIpc) is 3.22. The fourth-order valence-corrected chi connectivity index (χ4v) is 2.71. The lowest BCUT2D eigenvalue weighted by Crippen LogP contribution is -2.16. The van der Waals surface area contributed by atoms with Gasteiger partial charge in [-0.1, -0.05) is 6.07 Å². The lowest BCUT2D eigenvalue weighted by molar-refractivity contribution is 0.451. The minimum Gasteiger partial charge on any atom is -0.439 e. The molecule has 0 amide bonds. The van der Waals surface area contributed by atoms with Gasteiger partial charge in [-0.2, -0.15) is 0 Å². The van der Waals surface area contributed by atoms with Gasteiger partial charge in [-0.05, 0) is 71.9 Å². The molecule has 0 bridgehead atoms. The molecule has 21 heavy (non-hydrogen) atoms. The maximum atomic E-state index is 6.01. The van der Waals surface area contributed by atoms with Gasteiger partial charge in [0.05, 0.1) is 0 Å². The summed E-state index contributed by atoms with van der Waals surface area (Å²) in [6.07, 6.45) is 4.32. The van der Waals surface area contributed by atoms with E-state index in [4.69, 9.17) is 4.74 Å². The summed E-state index contributed by atoms with van der Waals surface area (Å²) in [6.45, 7) is 4.94. The van der Waals surface area contributed by atoms with Crippen molar-refractivity contribution in [3.8, 4) is 11.6 Å². The number of nitrogens with one attached hydrogen (secondary N) is 1. The van der Waals surface area contributed by atoms with Crippen molar-refractivity contribution in [2.45, 2.75) is 39.3 Å². The van der Waals surface area contributed by atoms with Crippen LogP contribution in [0.3, 0.4) is 0 Å². The molecule has 0 spiro atoms. The largest absolute Gasteiger partial charge is 0.439 e. The van der Waals surface area contributed by atoms with Gasteiger partial charge in [-0.15, -0.1) is 0 Å². The number of hydrogen-bond acceptors (Lipinski definition) is 3. The van der Waals surface area contributed by atoms with E-state index >= 15 is 0 Å². The van der Waals surface area contributed by atoms with Crippen LogP contribution in [0.1, 0.15) is 29.5 Å². The first-order valence-corrected chi connectivity index (χ1v) is 8.03. The standard InChI is InChI=1S/C17H19BrN2O/c1-11-5-12(2)7-16(6-11)21-17-13(8-14(18)10-20-17)9-19-15-3-4-15/h5-8,10,15,19H,3-4,9H2,1-2H3. The van der Waals surface area contributed by atoms with Crippen LogP contribution in [0.25, 0.3) is 0 Å². The molecule has 1 N–H and O–H groups in total. The second-order valence-corrected chi connectivity index (χ2v) is 6.61. The average molecular weight is 347 g/mol. The minimum absolute atomic E-state index is 0.665. The van der Waals surface area contributed by atoms with Gasteiger partial charge in [0, 0.05) is 28.8 Å². The Balaban J connectivity index is 1.82. The lowest BCUT2D eigenvalue weighted by Gasteiger charge is -2.12. The summed E-state index contributed by atoms with van der Waals surface area (Å²) in [5.41, 5.74) is 3.47. The van der Waals surface area contributed by atoms with E-state index in [-0.39, 0.29) is 0 Å². The van der Waals surface area contributed by atoms with E-state index in [1.165, 1.54) is 24.0 Å². The van der Waals surface area contributed by atoms with Crippen molar-refractivity contribution >= 4 is 15.9 Å². The molecule has 0 atom stereocenters. The summed E-state index contributed by atoms with van der Waals surface area (Å²) in [6, 6.07) is 8.94. The maximum Gasteiger partial charge on any atom is 0.223 e. The number of halogens is 1. The van der Waals surface area contributed by atoms with Crippen LogP contribution in [0.4, 0.5) is 0 Å². The summed E-state index contributed by atoms with van der Waals surface area (Å²) >= 11 is 3.48. The Morgan fingerprint density at radius 1 is 1.19 bits per heavy atom. The van der Waals surface area contributed by atoms with E-state index in [0.717, 1.165) is 22.3 Å². The third-order valence-corrected chi connectivity index (χ3v) is 3.89. The van der Waals surface area contributed by atoms with E-state index < -0.39 is 0 Å². The van der Waals surface area contributed by atoms with Crippen LogP contribution in [0.15, 0.2) is 34.9 Å². The van der Waals surface area contributed by atoms with Crippen LogP contribution in [0, 0.1) is 13.8 Å². The molecule has 1 aromatic heterocycles. The summed E-state index contributed by atoms with van der Waals surface area (Å²) in [7, 11) is 0. The second-order valence-electron chi connectivity index (χ2n) is 5.70. The maximum absolute atomic E-state index is 6.01. The summed E-state index contributed by atoms with van der Waals surface area (Å²) in [4.78, 5) is 4.42. The van der Waals surface area contributed by atoms with Crippen LogP contribution in [-0.4, -0.2) is 11.0 Å². The summed E-state index contributed by atoms with van der Waals surface area (Å²) in [5, 5.41) is 3.51. The number of rotatable bonds is 5. The fourth-order valence-electron chi connectivity index (χ4n) is 2.33. The summed E-state index contributed by atoms with van der Waals surface area (Å²) in [5.74, 6) is 1.52. The number of nitrogens with zero attached hydrogens (tertiary/aromatic N) is 1. The molecule has 0 saturated heterocycles. The molecular weight excluding hydrogens is 328 g/mol. The van der Waals surface area contributed by atoms with E-state index in [1.54, 1.807) is 6.20 Å². The van der Waals surface area contributed by atoms with Crippen molar-refractivity contribution in [3.05, 3.63) is 51.6 Å². The molecule has 110 valence electrons. The van der Waals surface area contributed by atoms with Crippen LogP contribution < -0.4 is 10.1 Å². The van der Waals surface area contributed by atoms with Gasteiger partial charge < -0.3 is 10.1 Å². The summed E-state index contributed by atoms with van der Waals surface area (Å²) < 4.78 is 6.98. The molecule has 3 nitrogen and oxygen atoms in total. The Labute approximate surface area is 133 Å². The van der Waals surface area contributed by atoms with Gasteiger partial charge in [0.25, 0.3) is 0 Å². The predicted octanol–water partition coefficient (Wildman–Crippen LogP) is 4.51. The first-order chi connectivity index (χ1) is 10.1. The highest BCUT2D eigenvalue weighted by molar-refractivity contribution is 9.10. The molecule has 1 fully saturated rings. The molecule has 1 aromatic carbocycles. The highest BCUT2D eigenvalue weighted by atomic mass is 79.9. The zero-order valence-electron chi connectivity index (χ0n) is 12.3. The van der Waals surface area contributed by atoms with Crippen LogP contribution in [-0.2, 0) is 6.54 Å². The number of hydrogen-bond donors (Lipinski definition) is 1. The third-order valence-electron chi connectivity index (χ3n) is 3.46. The normalized spacial score (nSPS) is 14.2. The molecule has 2 aromatic rings. The Morgan fingerprint density at radius 3 is 2.57 bits per heavy atom. The number of benzene rings is 1. The van der Waals surface area contributed by atoms with Gasteiger partial charge in [-0.25, -0.2) is 4.98 Å². The minimum atomic E-state index is 0.665. The quantitative estimate of drug-likeness (QED) is 0.864. The van der Waals surface area contributed by atoms with Gasteiger partial charge in [-0.3, -0.25) is 0 Å². The Morgan fingerprint density at radius 2 is 1.90 bits per heavy atom. The SMILES string of the molecule is Cc1cc(C)cc(Oc2ncc(Br)cc2CNC2CC2)c1. The zero-order valence-corrected chi connectivity index (χ0v) is 13.9. The molecule has 4 heteroatoms. The lowest BCUT2D eigenvalue weighted by atomic mass is 10.1. The second kappa shape index (κ2) is 6.16. The van der Waals surface area contributed by atoms with Crippen molar-refractivity contribution in [3.63, 3.8) is 0 Å². The van der Waals surface area contributed by atoms with E-state index in [9.17, 15) is 0 Å². The molecule has 1 heterocycles. The van der Waals surface area contributed by atoms with Crippen molar-refractivity contribution in [2.75, 3.05) is 0 Å². The first kappa shape index (κ1) is 14.5. The van der Waals surface area contributed by atoms with E-state index in [1.807, 2.05) is 12.1 Å². The predicted molar refractivity (Wildman–Crippen MR) is 87.8 cm³/mol. The number of pyridine rings is 1. The van der Waals surface area contributed by atoms with Crippen LogP contribution >= 0.6 is 15.9 Å². The van der Waals surface area contributed by atoms with Crippen LogP contribution in [0.5, 0.6) is 11.6 Å². The molecule has 1 aliphatic rings. The molecule has 0 unspecified atom stereocenters. The van der Waals surface area contributed by atoms with Crippen molar-refractivity contribution < 1.29 is 4.74 Å². The van der Waals surface area contributed by atoms with Gasteiger partial charge in [0.1, 0.15) is 5.75 Å². The highest BCUT2D eigenvalue weighted by Gasteiger charge is 2.21. The van der Waals surface area contributed by atoms with E-state index in [2.05, 4.69) is 52.2 Å². The highest BCUT2D eigenvalue weighted by Crippen LogP contribution is 2.28. The van der Waals surface area contributed by atoms with E-state index in [0.29, 0.717) is 11.9 Å². The van der Waals surface area contributed by atoms with Crippen LogP contribution in [0.2, 0.25) is 0 Å². The fraction of sp³-hybridized carbons (Fsp3) is 0.353. The van der Waals surface area contributed by atoms with Gasteiger partial charge in [0.15, 0.2) is 0 Å². The van der Waals surface area contributed by atoms with Crippen molar-refractivity contribution in [1.82, 2.24) is 10.3 Å². The molecule has 0 aliphatic heterocycles. The first-order valence-electron chi connectivity index (χ1n) is 7.24. The van der Waals surface area contributed by atoms with Crippen molar-refractivity contribution in [2.24, 2.45) is 0 Å². The van der Waals surface area contributed by atoms with Crippen molar-refractivity contribution in [1.29, 1.82) is 0 Å². The number of aromatic nitrogens is 1. The molecule has 0 radical (unpaired) electrons. The zero-order chi connectivity index (χ0) is 14.8. The molecule has 3 rings (SSSR count). The number of aryl methyl sites for hydroxylation is 2.